The van der Waals surface area contributed by atoms with Crippen LogP contribution in [0.25, 0.3) is 0 Å². The lowest BCUT2D eigenvalue weighted by molar-refractivity contribution is 0.0410. The van der Waals surface area contributed by atoms with Gasteiger partial charge in [0.25, 0.3) is 5.91 Å². The SMILES string of the molecule is COC(=O)c1c(C)c(C(=O)C(C)N(CC2CCCO2)C(=O)c2ccc(Cl)cc2)c(C)n1C. The van der Waals surface area contributed by atoms with Gasteiger partial charge in [-0.3, -0.25) is 9.59 Å². The van der Waals surface area contributed by atoms with Crippen molar-refractivity contribution in [1.82, 2.24) is 9.47 Å². The molecule has 172 valence electrons. The van der Waals surface area contributed by atoms with Crippen molar-refractivity contribution >= 4 is 29.3 Å². The van der Waals surface area contributed by atoms with Gasteiger partial charge < -0.3 is 18.9 Å². The fourth-order valence-corrected chi connectivity index (χ4v) is 4.39. The van der Waals surface area contributed by atoms with Crippen LogP contribution in [0.15, 0.2) is 24.3 Å². The monoisotopic (exact) mass is 460 g/mol. The maximum atomic E-state index is 13.6. The molecule has 0 N–H and O–H groups in total. The highest BCUT2D eigenvalue weighted by Gasteiger charge is 2.34. The number of hydrogen-bond donors (Lipinski definition) is 0. The number of esters is 1. The fraction of sp³-hybridized carbons (Fsp3) is 0.458. The molecule has 1 saturated heterocycles. The van der Waals surface area contributed by atoms with Crippen molar-refractivity contribution in [3.63, 3.8) is 0 Å². The zero-order valence-corrected chi connectivity index (χ0v) is 19.9. The van der Waals surface area contributed by atoms with Gasteiger partial charge in [0.15, 0.2) is 5.78 Å². The Labute approximate surface area is 193 Å². The zero-order valence-electron chi connectivity index (χ0n) is 19.1. The summed E-state index contributed by atoms with van der Waals surface area (Å²) in [6.07, 6.45) is 1.64. The average molecular weight is 461 g/mol. The van der Waals surface area contributed by atoms with Crippen molar-refractivity contribution in [2.45, 2.75) is 45.8 Å². The molecule has 8 heteroatoms. The van der Waals surface area contributed by atoms with Crippen LogP contribution in [0.4, 0.5) is 0 Å². The van der Waals surface area contributed by atoms with Gasteiger partial charge >= 0.3 is 5.97 Å². The first kappa shape index (κ1) is 24.0. The molecule has 0 bridgehead atoms. The van der Waals surface area contributed by atoms with Crippen molar-refractivity contribution in [2.24, 2.45) is 7.05 Å². The number of amides is 1. The Kier molecular flexibility index (Phi) is 7.41. The van der Waals surface area contributed by atoms with Crippen molar-refractivity contribution in [2.75, 3.05) is 20.3 Å². The molecule has 32 heavy (non-hydrogen) atoms. The highest BCUT2D eigenvalue weighted by atomic mass is 35.5. The molecule has 1 aromatic carbocycles. The number of nitrogens with zero attached hydrogens (tertiary/aromatic N) is 2. The number of methoxy groups -OCH3 is 1. The number of benzene rings is 1. The van der Waals surface area contributed by atoms with E-state index in [1.807, 2.05) is 0 Å². The molecule has 2 unspecified atom stereocenters. The Morgan fingerprint density at radius 3 is 2.47 bits per heavy atom. The lowest BCUT2D eigenvalue weighted by Crippen LogP contribution is -2.47. The second-order valence-electron chi connectivity index (χ2n) is 8.12. The number of carbonyl (C=O) groups is 3. The van der Waals surface area contributed by atoms with E-state index in [4.69, 9.17) is 21.1 Å². The molecule has 2 aromatic rings. The van der Waals surface area contributed by atoms with Crippen molar-refractivity contribution < 1.29 is 23.9 Å². The van der Waals surface area contributed by atoms with Gasteiger partial charge in [-0.05, 0) is 63.4 Å². The number of carbonyl (C=O) groups excluding carboxylic acids is 3. The lowest BCUT2D eigenvalue weighted by Gasteiger charge is -2.31. The first-order valence-corrected chi connectivity index (χ1v) is 11.0. The van der Waals surface area contributed by atoms with Gasteiger partial charge in [-0.2, -0.15) is 0 Å². The Balaban J connectivity index is 1.98. The van der Waals surface area contributed by atoms with Gasteiger partial charge in [0, 0.05) is 42.0 Å². The topological polar surface area (TPSA) is 77.8 Å². The van der Waals surface area contributed by atoms with Gasteiger partial charge in [-0.15, -0.1) is 0 Å². The molecular formula is C24H29ClN2O5. The molecule has 1 amide bonds. The lowest BCUT2D eigenvalue weighted by atomic mass is 9.98. The normalized spacial score (nSPS) is 16.6. The Bertz CT molecular complexity index is 1020. The van der Waals surface area contributed by atoms with E-state index in [-0.39, 0.29) is 17.8 Å². The number of Topliss-reactive ketones (excluding diaryl/α,β-unsaturated/α-hetero) is 1. The van der Waals surface area contributed by atoms with E-state index in [9.17, 15) is 14.4 Å². The smallest absolute Gasteiger partial charge is 0.354 e. The number of rotatable bonds is 7. The summed E-state index contributed by atoms with van der Waals surface area (Å²) in [7, 11) is 3.03. The standard InChI is InChI=1S/C24H29ClN2O5/c1-14-20(15(2)26(4)21(14)24(30)31-5)22(28)16(3)27(13-19-7-6-12-32-19)23(29)17-8-10-18(25)11-9-17/h8-11,16,19H,6-7,12-13H2,1-5H3. The molecule has 1 aliphatic rings. The Hall–Kier alpha value is -2.64. The third kappa shape index (κ3) is 4.59. The molecule has 1 fully saturated rings. The van der Waals surface area contributed by atoms with E-state index in [1.165, 1.54) is 7.11 Å². The molecule has 2 heterocycles. The summed E-state index contributed by atoms with van der Waals surface area (Å²) in [6, 6.07) is 5.85. The summed E-state index contributed by atoms with van der Waals surface area (Å²) >= 11 is 5.98. The maximum Gasteiger partial charge on any atom is 0.354 e. The minimum Gasteiger partial charge on any atom is -0.464 e. The molecule has 3 rings (SSSR count). The zero-order chi connectivity index (χ0) is 23.6. The van der Waals surface area contributed by atoms with Crippen LogP contribution in [0.1, 0.15) is 62.2 Å². The summed E-state index contributed by atoms with van der Waals surface area (Å²) in [4.78, 5) is 40.9. The molecule has 0 spiro atoms. The van der Waals surface area contributed by atoms with Gasteiger partial charge in [0.05, 0.1) is 19.3 Å². The van der Waals surface area contributed by atoms with E-state index in [0.29, 0.717) is 46.3 Å². The van der Waals surface area contributed by atoms with E-state index in [2.05, 4.69) is 0 Å². The summed E-state index contributed by atoms with van der Waals surface area (Å²) in [6.45, 7) is 6.18. The first-order valence-electron chi connectivity index (χ1n) is 10.6. The van der Waals surface area contributed by atoms with Gasteiger partial charge in [-0.1, -0.05) is 11.6 Å². The summed E-state index contributed by atoms with van der Waals surface area (Å²) in [5.74, 6) is -1.00. The summed E-state index contributed by atoms with van der Waals surface area (Å²) in [5, 5.41) is 0.530. The largest absolute Gasteiger partial charge is 0.464 e. The third-order valence-electron chi connectivity index (χ3n) is 6.18. The molecule has 0 radical (unpaired) electrons. The van der Waals surface area contributed by atoms with E-state index in [0.717, 1.165) is 12.8 Å². The first-order chi connectivity index (χ1) is 15.2. The van der Waals surface area contributed by atoms with Gasteiger partial charge in [0.2, 0.25) is 0 Å². The van der Waals surface area contributed by atoms with Crippen LogP contribution in [0, 0.1) is 13.8 Å². The minimum atomic E-state index is -0.757. The molecular weight excluding hydrogens is 432 g/mol. The van der Waals surface area contributed by atoms with Crippen molar-refractivity contribution in [3.05, 3.63) is 57.4 Å². The molecule has 1 aromatic heterocycles. The Morgan fingerprint density at radius 1 is 1.25 bits per heavy atom. The molecule has 2 atom stereocenters. The number of hydrogen-bond acceptors (Lipinski definition) is 5. The van der Waals surface area contributed by atoms with E-state index >= 15 is 0 Å². The van der Waals surface area contributed by atoms with Crippen LogP contribution in [0.2, 0.25) is 5.02 Å². The number of ketones is 1. The van der Waals surface area contributed by atoms with Gasteiger partial charge in [-0.25, -0.2) is 4.79 Å². The van der Waals surface area contributed by atoms with Crippen LogP contribution in [-0.2, 0) is 16.5 Å². The van der Waals surface area contributed by atoms with Crippen molar-refractivity contribution in [1.29, 1.82) is 0 Å². The van der Waals surface area contributed by atoms with Crippen molar-refractivity contribution in [3.8, 4) is 0 Å². The average Bonchev–Trinajstić information content (AvgIpc) is 3.37. The number of ether oxygens (including phenoxy) is 2. The molecule has 1 aliphatic heterocycles. The fourth-order valence-electron chi connectivity index (χ4n) is 4.26. The quantitative estimate of drug-likeness (QED) is 0.461. The summed E-state index contributed by atoms with van der Waals surface area (Å²) < 4.78 is 12.3. The summed E-state index contributed by atoms with van der Waals surface area (Å²) in [5.41, 5.74) is 2.40. The second kappa shape index (κ2) is 9.88. The number of halogens is 1. The van der Waals surface area contributed by atoms with E-state index in [1.54, 1.807) is 61.6 Å². The number of aromatic nitrogens is 1. The van der Waals surface area contributed by atoms with Crippen LogP contribution in [0.3, 0.4) is 0 Å². The second-order valence-corrected chi connectivity index (χ2v) is 8.56. The van der Waals surface area contributed by atoms with Crippen LogP contribution >= 0.6 is 11.6 Å². The minimum absolute atomic E-state index is 0.120. The van der Waals surface area contributed by atoms with E-state index < -0.39 is 12.0 Å². The highest BCUT2D eigenvalue weighted by Crippen LogP contribution is 2.26. The molecule has 0 saturated carbocycles. The van der Waals surface area contributed by atoms with Gasteiger partial charge in [0.1, 0.15) is 5.69 Å². The predicted octanol–water partition coefficient (Wildman–Crippen LogP) is 3.97. The van der Waals surface area contributed by atoms with Crippen LogP contribution in [-0.4, -0.2) is 59.5 Å². The van der Waals surface area contributed by atoms with Crippen LogP contribution in [0.5, 0.6) is 0 Å². The van der Waals surface area contributed by atoms with Crippen LogP contribution < -0.4 is 0 Å². The third-order valence-corrected chi connectivity index (χ3v) is 6.43. The molecule has 0 aliphatic carbocycles. The maximum absolute atomic E-state index is 13.6. The molecule has 7 nitrogen and oxygen atoms in total. The highest BCUT2D eigenvalue weighted by molar-refractivity contribution is 6.30. The predicted molar refractivity (Wildman–Crippen MR) is 121 cm³/mol. The Morgan fingerprint density at radius 2 is 1.91 bits per heavy atom.